The van der Waals surface area contributed by atoms with E-state index in [9.17, 15) is 9.90 Å². The first-order valence-corrected chi connectivity index (χ1v) is 6.20. The molecule has 0 fully saturated rings. The average molecular weight is 261 g/mol. The van der Waals surface area contributed by atoms with E-state index in [4.69, 9.17) is 11.0 Å². The number of nitrogens with two attached hydrogens (primary N) is 1. The number of anilines is 2. The van der Waals surface area contributed by atoms with Crippen molar-refractivity contribution >= 4 is 17.3 Å². The highest BCUT2D eigenvalue weighted by molar-refractivity contribution is 5.95. The van der Waals surface area contributed by atoms with Crippen molar-refractivity contribution in [3.8, 4) is 6.07 Å². The Labute approximate surface area is 113 Å². The molecule has 19 heavy (non-hydrogen) atoms. The van der Waals surface area contributed by atoms with Crippen LogP contribution in [0.25, 0.3) is 0 Å². The largest absolute Gasteiger partial charge is 0.478 e. The summed E-state index contributed by atoms with van der Waals surface area (Å²) in [6.45, 7) is 5.32. The third-order valence-electron chi connectivity index (χ3n) is 2.67. The molecule has 5 nitrogen and oxygen atoms in total. The Morgan fingerprint density at radius 2 is 2.21 bits per heavy atom. The standard InChI is InChI=1S/C14H19N3O2/c1-10(2)9-17(7-3-6-15)13-5-4-11(16)8-12(13)14(18)19/h4-5,8,10H,3,7,9,16H2,1-2H3,(H,18,19). The van der Waals surface area contributed by atoms with Gasteiger partial charge < -0.3 is 15.7 Å². The first-order valence-electron chi connectivity index (χ1n) is 6.20. The Morgan fingerprint density at radius 3 is 2.74 bits per heavy atom. The molecule has 0 saturated heterocycles. The highest BCUT2D eigenvalue weighted by Gasteiger charge is 2.17. The molecule has 0 aliphatic rings. The third-order valence-corrected chi connectivity index (χ3v) is 2.67. The van der Waals surface area contributed by atoms with Crippen LogP contribution in [-0.2, 0) is 0 Å². The van der Waals surface area contributed by atoms with Crippen LogP contribution in [0.15, 0.2) is 18.2 Å². The second-order valence-electron chi connectivity index (χ2n) is 4.83. The van der Waals surface area contributed by atoms with Crippen LogP contribution >= 0.6 is 0 Å². The molecule has 0 radical (unpaired) electrons. The fourth-order valence-electron chi connectivity index (χ4n) is 1.94. The van der Waals surface area contributed by atoms with Crippen molar-refractivity contribution in [3.05, 3.63) is 23.8 Å². The van der Waals surface area contributed by atoms with E-state index in [1.165, 1.54) is 6.07 Å². The lowest BCUT2D eigenvalue weighted by Gasteiger charge is -2.27. The number of benzene rings is 1. The van der Waals surface area contributed by atoms with Crippen molar-refractivity contribution in [1.82, 2.24) is 0 Å². The molecule has 0 bridgehead atoms. The van der Waals surface area contributed by atoms with Gasteiger partial charge in [0.1, 0.15) is 0 Å². The molecule has 0 spiro atoms. The van der Waals surface area contributed by atoms with Crippen LogP contribution in [0, 0.1) is 17.2 Å². The zero-order valence-corrected chi connectivity index (χ0v) is 11.3. The zero-order valence-electron chi connectivity index (χ0n) is 11.3. The van der Waals surface area contributed by atoms with Crippen LogP contribution in [0.2, 0.25) is 0 Å². The Kier molecular flexibility index (Phi) is 5.19. The van der Waals surface area contributed by atoms with E-state index >= 15 is 0 Å². The summed E-state index contributed by atoms with van der Waals surface area (Å²) >= 11 is 0. The molecule has 0 saturated carbocycles. The van der Waals surface area contributed by atoms with Crippen LogP contribution in [0.1, 0.15) is 30.6 Å². The summed E-state index contributed by atoms with van der Waals surface area (Å²) in [6.07, 6.45) is 0.357. The second kappa shape index (κ2) is 6.64. The SMILES string of the molecule is CC(C)CN(CCC#N)c1ccc(N)cc1C(=O)O. The van der Waals surface area contributed by atoms with Crippen molar-refractivity contribution in [3.63, 3.8) is 0 Å². The number of nitriles is 1. The molecule has 0 heterocycles. The normalized spacial score (nSPS) is 10.2. The Balaban J connectivity index is 3.13. The Bertz CT molecular complexity index is 492. The molecule has 5 heteroatoms. The van der Waals surface area contributed by atoms with Crippen molar-refractivity contribution < 1.29 is 9.90 Å². The van der Waals surface area contributed by atoms with Crippen molar-refractivity contribution in [2.75, 3.05) is 23.7 Å². The molecule has 0 unspecified atom stereocenters. The van der Waals surface area contributed by atoms with E-state index in [1.54, 1.807) is 12.1 Å². The van der Waals surface area contributed by atoms with Gasteiger partial charge in [0.15, 0.2) is 0 Å². The van der Waals surface area contributed by atoms with Crippen molar-refractivity contribution in [2.24, 2.45) is 5.92 Å². The number of nitrogens with zero attached hydrogens (tertiary/aromatic N) is 2. The summed E-state index contributed by atoms with van der Waals surface area (Å²) in [5.74, 6) is -0.633. The number of carbonyl (C=O) groups is 1. The summed E-state index contributed by atoms with van der Waals surface area (Å²) in [5.41, 5.74) is 6.85. The maximum atomic E-state index is 11.3. The van der Waals surface area contributed by atoms with Gasteiger partial charge in [0.25, 0.3) is 0 Å². The first kappa shape index (κ1) is 14.8. The predicted molar refractivity (Wildman–Crippen MR) is 75.1 cm³/mol. The summed E-state index contributed by atoms with van der Waals surface area (Å²) < 4.78 is 0. The van der Waals surface area contributed by atoms with Gasteiger partial charge in [-0.15, -0.1) is 0 Å². The molecule has 0 aliphatic carbocycles. The summed E-state index contributed by atoms with van der Waals surface area (Å²) in [6, 6.07) is 6.93. The minimum Gasteiger partial charge on any atom is -0.478 e. The van der Waals surface area contributed by atoms with Gasteiger partial charge in [-0.05, 0) is 24.1 Å². The van der Waals surface area contributed by atoms with E-state index in [2.05, 4.69) is 19.9 Å². The maximum absolute atomic E-state index is 11.3. The summed E-state index contributed by atoms with van der Waals surface area (Å²) in [4.78, 5) is 13.2. The van der Waals surface area contributed by atoms with Crippen LogP contribution in [0.5, 0.6) is 0 Å². The first-order chi connectivity index (χ1) is 8.95. The van der Waals surface area contributed by atoms with Gasteiger partial charge in [0.05, 0.1) is 23.7 Å². The Hall–Kier alpha value is -2.22. The minimum atomic E-state index is -1.01. The van der Waals surface area contributed by atoms with E-state index < -0.39 is 5.97 Å². The van der Waals surface area contributed by atoms with Crippen LogP contribution in [-0.4, -0.2) is 24.2 Å². The van der Waals surface area contributed by atoms with Gasteiger partial charge in [-0.1, -0.05) is 13.8 Å². The fraction of sp³-hybridized carbons (Fsp3) is 0.429. The molecule has 102 valence electrons. The zero-order chi connectivity index (χ0) is 14.4. The molecule has 1 rings (SSSR count). The van der Waals surface area contributed by atoms with Crippen LogP contribution in [0.3, 0.4) is 0 Å². The maximum Gasteiger partial charge on any atom is 0.337 e. The predicted octanol–water partition coefficient (Wildman–Crippen LogP) is 2.34. The molecule has 3 N–H and O–H groups in total. The van der Waals surface area contributed by atoms with Crippen LogP contribution in [0.4, 0.5) is 11.4 Å². The minimum absolute atomic E-state index is 0.179. The van der Waals surface area contributed by atoms with E-state index in [1.807, 2.05) is 4.90 Å². The molecule has 0 aliphatic heterocycles. The number of carboxylic acids is 1. The molecule has 1 aromatic carbocycles. The monoisotopic (exact) mass is 261 g/mol. The van der Waals surface area contributed by atoms with Gasteiger partial charge >= 0.3 is 5.97 Å². The lowest BCUT2D eigenvalue weighted by molar-refractivity contribution is 0.0697. The van der Waals surface area contributed by atoms with Gasteiger partial charge in [0, 0.05) is 18.8 Å². The van der Waals surface area contributed by atoms with Crippen LogP contribution < -0.4 is 10.6 Å². The van der Waals surface area contributed by atoms with Crippen molar-refractivity contribution in [2.45, 2.75) is 20.3 Å². The molecule has 0 amide bonds. The summed E-state index contributed by atoms with van der Waals surface area (Å²) in [7, 11) is 0. The number of carboxylic acid groups (broad SMARTS) is 1. The van der Waals surface area contributed by atoms with Gasteiger partial charge in [-0.25, -0.2) is 4.79 Å². The lowest BCUT2D eigenvalue weighted by Crippen LogP contribution is -2.30. The highest BCUT2D eigenvalue weighted by Crippen LogP contribution is 2.24. The lowest BCUT2D eigenvalue weighted by atomic mass is 10.1. The van der Waals surface area contributed by atoms with E-state index in [0.29, 0.717) is 36.8 Å². The third kappa shape index (κ3) is 4.18. The number of hydrogen-bond acceptors (Lipinski definition) is 4. The molecular formula is C14H19N3O2. The Morgan fingerprint density at radius 1 is 1.53 bits per heavy atom. The number of aromatic carboxylic acids is 1. The van der Waals surface area contributed by atoms with Gasteiger partial charge in [-0.2, -0.15) is 5.26 Å². The second-order valence-corrected chi connectivity index (χ2v) is 4.83. The topological polar surface area (TPSA) is 90.4 Å². The molecule has 0 atom stereocenters. The van der Waals surface area contributed by atoms with Gasteiger partial charge in [0.2, 0.25) is 0 Å². The number of hydrogen-bond donors (Lipinski definition) is 2. The summed E-state index contributed by atoms with van der Waals surface area (Å²) in [5, 5.41) is 18.0. The van der Waals surface area contributed by atoms with Gasteiger partial charge in [-0.3, -0.25) is 0 Å². The van der Waals surface area contributed by atoms with Crippen molar-refractivity contribution in [1.29, 1.82) is 5.26 Å². The highest BCUT2D eigenvalue weighted by atomic mass is 16.4. The quantitative estimate of drug-likeness (QED) is 0.767. The fourth-order valence-corrected chi connectivity index (χ4v) is 1.94. The van der Waals surface area contributed by atoms with E-state index in [0.717, 1.165) is 0 Å². The molecule has 0 aromatic heterocycles. The molecular weight excluding hydrogens is 242 g/mol. The van der Waals surface area contributed by atoms with E-state index in [-0.39, 0.29) is 5.56 Å². The molecule has 1 aromatic rings. The smallest absolute Gasteiger partial charge is 0.337 e. The number of rotatable bonds is 6. The number of nitrogen functional groups attached to an aromatic ring is 1. The average Bonchev–Trinajstić information content (AvgIpc) is 2.34.